The van der Waals surface area contributed by atoms with Crippen LogP contribution in [0.2, 0.25) is 5.02 Å². The predicted octanol–water partition coefficient (Wildman–Crippen LogP) is 5.47. The Labute approximate surface area is 197 Å². The summed E-state index contributed by atoms with van der Waals surface area (Å²) in [7, 11) is 0. The topological polar surface area (TPSA) is 47.5 Å². The van der Waals surface area contributed by atoms with Crippen LogP contribution in [0.4, 0.5) is 0 Å². The van der Waals surface area contributed by atoms with Crippen LogP contribution in [0, 0.1) is 0 Å². The van der Waals surface area contributed by atoms with E-state index >= 15 is 0 Å². The number of aromatic nitrogens is 2. The number of aromatic amines is 1. The number of nitrogens with zero attached hydrogens (tertiary/aromatic N) is 4. The van der Waals surface area contributed by atoms with Crippen molar-refractivity contribution in [3.63, 3.8) is 0 Å². The fourth-order valence-corrected chi connectivity index (χ4v) is 4.59. The molecule has 2 aromatic rings. The number of hydrogen-bond acceptors (Lipinski definition) is 4. The standard InChI is InChI=1S/C26H36ClN5/c1-5-11-29-25(20(3)4)26(24-10-9-22(27)17-21(24)6-2)32-15-13-31(14-16-32)12-7-8-23-18-28-19-30-23/h5,9-11,17-19,26H,3,6-8,12-16H2,1-2,4H3,(H,28,30)/b11-5-,29-25?. The van der Waals surface area contributed by atoms with Crippen molar-refractivity contribution in [1.82, 2.24) is 19.8 Å². The molecule has 1 aromatic heterocycles. The van der Waals surface area contributed by atoms with Crippen molar-refractivity contribution >= 4 is 17.3 Å². The Morgan fingerprint density at radius 3 is 2.72 bits per heavy atom. The van der Waals surface area contributed by atoms with E-state index in [4.69, 9.17) is 16.6 Å². The number of aryl methyl sites for hydroxylation is 2. The molecule has 0 bridgehead atoms. The van der Waals surface area contributed by atoms with Gasteiger partial charge in [-0.05, 0) is 68.5 Å². The van der Waals surface area contributed by atoms with E-state index in [0.29, 0.717) is 0 Å². The Kier molecular flexibility index (Phi) is 9.27. The van der Waals surface area contributed by atoms with Crippen LogP contribution >= 0.6 is 11.6 Å². The molecule has 1 aromatic carbocycles. The molecule has 1 aliphatic heterocycles. The van der Waals surface area contributed by atoms with Crippen LogP contribution in [0.25, 0.3) is 0 Å². The highest BCUT2D eigenvalue weighted by molar-refractivity contribution is 6.30. The normalized spacial score (nSPS) is 17.2. The van der Waals surface area contributed by atoms with Crippen molar-refractivity contribution in [2.24, 2.45) is 4.99 Å². The van der Waals surface area contributed by atoms with Gasteiger partial charge in [-0.2, -0.15) is 0 Å². The van der Waals surface area contributed by atoms with Crippen LogP contribution in [-0.2, 0) is 12.8 Å². The van der Waals surface area contributed by atoms with E-state index in [1.807, 2.05) is 31.5 Å². The van der Waals surface area contributed by atoms with Crippen molar-refractivity contribution < 1.29 is 0 Å². The first-order valence-corrected chi connectivity index (χ1v) is 12.0. The molecular formula is C26H36ClN5. The van der Waals surface area contributed by atoms with Gasteiger partial charge in [0.25, 0.3) is 0 Å². The van der Waals surface area contributed by atoms with Gasteiger partial charge in [-0.15, -0.1) is 0 Å². The quantitative estimate of drug-likeness (QED) is 0.485. The van der Waals surface area contributed by atoms with E-state index in [2.05, 4.69) is 52.3 Å². The Hall–Kier alpha value is -2.21. The number of aliphatic imine (C=N–C) groups is 1. The Bertz CT molecular complexity index is 924. The molecule has 1 aliphatic rings. The average molecular weight is 454 g/mol. The van der Waals surface area contributed by atoms with Gasteiger partial charge in [-0.3, -0.25) is 9.89 Å². The lowest BCUT2D eigenvalue weighted by Gasteiger charge is -2.40. The molecule has 0 spiro atoms. The molecule has 172 valence electrons. The lowest BCUT2D eigenvalue weighted by Crippen LogP contribution is -2.49. The predicted molar refractivity (Wildman–Crippen MR) is 136 cm³/mol. The third-order valence-corrected chi connectivity index (χ3v) is 6.32. The highest BCUT2D eigenvalue weighted by Crippen LogP contribution is 2.31. The molecule has 0 amide bonds. The van der Waals surface area contributed by atoms with Gasteiger partial charge in [0.05, 0.1) is 18.1 Å². The van der Waals surface area contributed by atoms with Crippen LogP contribution in [-0.4, -0.2) is 58.2 Å². The number of piperazine rings is 1. The number of halogens is 1. The van der Waals surface area contributed by atoms with Gasteiger partial charge in [0.2, 0.25) is 0 Å². The molecule has 1 unspecified atom stereocenters. The molecule has 0 radical (unpaired) electrons. The van der Waals surface area contributed by atoms with Gasteiger partial charge >= 0.3 is 0 Å². The fourth-order valence-electron chi connectivity index (χ4n) is 4.39. The lowest BCUT2D eigenvalue weighted by atomic mass is 9.91. The summed E-state index contributed by atoms with van der Waals surface area (Å²) in [5, 5.41) is 0.786. The molecule has 0 saturated carbocycles. The van der Waals surface area contributed by atoms with Gasteiger partial charge < -0.3 is 9.88 Å². The van der Waals surface area contributed by atoms with Gasteiger partial charge in [0, 0.05) is 49.3 Å². The largest absolute Gasteiger partial charge is 0.348 e. The van der Waals surface area contributed by atoms with E-state index in [1.54, 1.807) is 6.33 Å². The second-order valence-corrected chi connectivity index (χ2v) is 8.87. The number of nitrogens with one attached hydrogen (secondary N) is 1. The highest BCUT2D eigenvalue weighted by atomic mass is 35.5. The number of H-pyrrole nitrogens is 1. The zero-order chi connectivity index (χ0) is 22.9. The number of hydrogen-bond donors (Lipinski definition) is 1. The van der Waals surface area contributed by atoms with Crippen LogP contribution in [0.3, 0.4) is 0 Å². The lowest BCUT2D eigenvalue weighted by molar-refractivity contribution is 0.116. The summed E-state index contributed by atoms with van der Waals surface area (Å²) in [6, 6.07) is 6.36. The van der Waals surface area contributed by atoms with Crippen molar-refractivity contribution in [2.75, 3.05) is 32.7 Å². The first-order valence-electron chi connectivity index (χ1n) is 11.6. The minimum atomic E-state index is 0.0862. The molecule has 5 nitrogen and oxygen atoms in total. The van der Waals surface area contributed by atoms with E-state index in [9.17, 15) is 0 Å². The van der Waals surface area contributed by atoms with Gasteiger partial charge in [0.15, 0.2) is 0 Å². The van der Waals surface area contributed by atoms with Crippen LogP contribution in [0.1, 0.15) is 50.1 Å². The number of rotatable bonds is 10. The average Bonchev–Trinajstić information content (AvgIpc) is 3.31. The summed E-state index contributed by atoms with van der Waals surface area (Å²) in [4.78, 5) is 17.3. The molecule has 1 N–H and O–H groups in total. The third-order valence-electron chi connectivity index (χ3n) is 6.09. The van der Waals surface area contributed by atoms with Crippen LogP contribution in [0.5, 0.6) is 0 Å². The number of benzene rings is 1. The first-order chi connectivity index (χ1) is 15.5. The molecule has 6 heteroatoms. The summed E-state index contributed by atoms with van der Waals surface area (Å²) < 4.78 is 0. The van der Waals surface area contributed by atoms with Crippen molar-refractivity contribution in [2.45, 2.75) is 46.1 Å². The molecule has 2 heterocycles. The summed E-state index contributed by atoms with van der Waals surface area (Å²) in [6.07, 6.45) is 10.6. The van der Waals surface area contributed by atoms with Crippen LogP contribution in [0.15, 0.2) is 60.1 Å². The summed E-state index contributed by atoms with van der Waals surface area (Å²) in [5.41, 5.74) is 5.82. The minimum Gasteiger partial charge on any atom is -0.348 e. The Morgan fingerprint density at radius 1 is 1.31 bits per heavy atom. The third kappa shape index (κ3) is 6.41. The highest BCUT2D eigenvalue weighted by Gasteiger charge is 2.30. The maximum atomic E-state index is 6.33. The molecule has 32 heavy (non-hydrogen) atoms. The second kappa shape index (κ2) is 12.1. The Morgan fingerprint density at radius 2 is 2.09 bits per heavy atom. The molecule has 1 atom stereocenters. The molecule has 3 rings (SSSR count). The van der Waals surface area contributed by atoms with Crippen LogP contribution < -0.4 is 0 Å². The van der Waals surface area contributed by atoms with Gasteiger partial charge in [-0.1, -0.05) is 37.2 Å². The maximum absolute atomic E-state index is 6.33. The number of imidazole rings is 1. The maximum Gasteiger partial charge on any atom is 0.0921 e. The van der Waals surface area contributed by atoms with Gasteiger partial charge in [0.1, 0.15) is 0 Å². The van der Waals surface area contributed by atoms with Crippen molar-refractivity contribution in [3.8, 4) is 0 Å². The first kappa shape index (κ1) is 24.4. The summed E-state index contributed by atoms with van der Waals surface area (Å²) in [6.45, 7) is 15.7. The van der Waals surface area contributed by atoms with Crippen molar-refractivity contribution in [3.05, 3.63) is 77.0 Å². The van der Waals surface area contributed by atoms with E-state index in [1.165, 1.54) is 16.8 Å². The fraction of sp³-hybridized carbons (Fsp3) is 0.462. The summed E-state index contributed by atoms with van der Waals surface area (Å²) in [5.74, 6) is 0. The van der Waals surface area contributed by atoms with E-state index in [0.717, 1.165) is 68.3 Å². The minimum absolute atomic E-state index is 0.0862. The Balaban J connectivity index is 1.76. The van der Waals surface area contributed by atoms with Crippen molar-refractivity contribution in [1.29, 1.82) is 0 Å². The zero-order valence-corrected chi connectivity index (χ0v) is 20.4. The monoisotopic (exact) mass is 453 g/mol. The molecule has 0 aliphatic carbocycles. The van der Waals surface area contributed by atoms with E-state index in [-0.39, 0.29) is 6.04 Å². The molecule has 1 fully saturated rings. The SMILES string of the molecule is C=C(C)C(=N/C=C\C)C(c1ccc(Cl)cc1CC)N1CCN(CCCc2cnc[nH]2)CC1. The molecule has 1 saturated heterocycles. The zero-order valence-electron chi connectivity index (χ0n) is 19.6. The second-order valence-electron chi connectivity index (χ2n) is 8.43. The number of allylic oxidation sites excluding steroid dienone is 1. The van der Waals surface area contributed by atoms with E-state index < -0.39 is 0 Å². The molecular weight excluding hydrogens is 418 g/mol. The smallest absolute Gasteiger partial charge is 0.0921 e. The summed E-state index contributed by atoms with van der Waals surface area (Å²) >= 11 is 6.33. The van der Waals surface area contributed by atoms with Gasteiger partial charge in [-0.25, -0.2) is 4.98 Å².